The lowest BCUT2D eigenvalue weighted by molar-refractivity contribution is -0.141. The van der Waals surface area contributed by atoms with Crippen LogP contribution >= 0.6 is 0 Å². The van der Waals surface area contributed by atoms with E-state index >= 15 is 0 Å². The largest absolute Gasteiger partial charge is 0.481 e. The SMILES string of the molecule is Cn1cnc(CNC(=O)C2CCC(C(=O)O)C2)n1. The first-order valence-corrected chi connectivity index (χ1v) is 5.91. The van der Waals surface area contributed by atoms with Gasteiger partial charge in [0.1, 0.15) is 6.33 Å². The van der Waals surface area contributed by atoms with E-state index in [-0.39, 0.29) is 24.3 Å². The van der Waals surface area contributed by atoms with Gasteiger partial charge in [-0.2, -0.15) is 5.10 Å². The van der Waals surface area contributed by atoms with E-state index in [1.807, 2.05) is 0 Å². The third-order valence-corrected chi connectivity index (χ3v) is 3.22. The van der Waals surface area contributed by atoms with E-state index in [0.717, 1.165) is 0 Å². The maximum atomic E-state index is 11.8. The van der Waals surface area contributed by atoms with Crippen LogP contribution in [0, 0.1) is 11.8 Å². The highest BCUT2D eigenvalue weighted by Gasteiger charge is 2.33. The van der Waals surface area contributed by atoms with Gasteiger partial charge in [-0.3, -0.25) is 14.3 Å². The minimum Gasteiger partial charge on any atom is -0.481 e. The third kappa shape index (κ3) is 2.85. The maximum Gasteiger partial charge on any atom is 0.306 e. The second-order valence-corrected chi connectivity index (χ2v) is 4.60. The molecule has 1 aliphatic rings. The molecule has 1 aromatic heterocycles. The van der Waals surface area contributed by atoms with E-state index < -0.39 is 5.97 Å². The smallest absolute Gasteiger partial charge is 0.306 e. The Hall–Kier alpha value is -1.92. The molecule has 1 fully saturated rings. The van der Waals surface area contributed by atoms with Crippen LogP contribution in [0.4, 0.5) is 0 Å². The first kappa shape index (κ1) is 12.5. The molecule has 2 rings (SSSR count). The Balaban J connectivity index is 1.80. The van der Waals surface area contributed by atoms with Crippen molar-refractivity contribution in [1.82, 2.24) is 20.1 Å². The van der Waals surface area contributed by atoms with Crippen LogP contribution in [0.1, 0.15) is 25.1 Å². The molecule has 1 heterocycles. The van der Waals surface area contributed by atoms with Gasteiger partial charge in [0.15, 0.2) is 5.82 Å². The summed E-state index contributed by atoms with van der Waals surface area (Å²) in [7, 11) is 1.76. The average molecular weight is 252 g/mol. The van der Waals surface area contributed by atoms with Gasteiger partial charge in [-0.25, -0.2) is 4.98 Å². The molecule has 2 atom stereocenters. The number of nitrogens with one attached hydrogen (secondary N) is 1. The summed E-state index contributed by atoms with van der Waals surface area (Å²) in [6.45, 7) is 0.286. The predicted molar refractivity (Wildman–Crippen MR) is 61.3 cm³/mol. The summed E-state index contributed by atoms with van der Waals surface area (Å²) in [5.74, 6) is -0.940. The van der Waals surface area contributed by atoms with E-state index in [9.17, 15) is 9.59 Å². The fourth-order valence-corrected chi connectivity index (χ4v) is 2.22. The minimum atomic E-state index is -0.809. The van der Waals surface area contributed by atoms with Crippen molar-refractivity contribution in [1.29, 1.82) is 0 Å². The van der Waals surface area contributed by atoms with Crippen LogP contribution in [0.3, 0.4) is 0 Å². The lowest BCUT2D eigenvalue weighted by atomic mass is 10.0. The number of hydrogen-bond acceptors (Lipinski definition) is 4. The number of aliphatic carboxylic acids is 1. The Kier molecular flexibility index (Phi) is 3.59. The molecule has 2 N–H and O–H groups in total. The zero-order valence-electron chi connectivity index (χ0n) is 10.2. The molecule has 1 saturated carbocycles. The van der Waals surface area contributed by atoms with Crippen molar-refractivity contribution in [3.8, 4) is 0 Å². The van der Waals surface area contributed by atoms with E-state index in [4.69, 9.17) is 5.11 Å². The van der Waals surface area contributed by atoms with Crippen LogP contribution in [0.15, 0.2) is 6.33 Å². The summed E-state index contributed by atoms with van der Waals surface area (Å²) in [4.78, 5) is 26.6. The molecule has 0 saturated heterocycles. The highest BCUT2D eigenvalue weighted by molar-refractivity contribution is 5.80. The van der Waals surface area contributed by atoms with Crippen molar-refractivity contribution in [3.63, 3.8) is 0 Å². The molecule has 7 heteroatoms. The van der Waals surface area contributed by atoms with Crippen LogP contribution < -0.4 is 5.32 Å². The van der Waals surface area contributed by atoms with Crippen LogP contribution in [0.25, 0.3) is 0 Å². The molecule has 98 valence electrons. The summed E-state index contributed by atoms with van der Waals surface area (Å²) in [6.07, 6.45) is 3.21. The van der Waals surface area contributed by atoms with Crippen molar-refractivity contribution in [2.75, 3.05) is 0 Å². The molecule has 1 aliphatic carbocycles. The van der Waals surface area contributed by atoms with Gasteiger partial charge in [-0.05, 0) is 19.3 Å². The summed E-state index contributed by atoms with van der Waals surface area (Å²) < 4.78 is 1.57. The predicted octanol–water partition coefficient (Wildman–Crippen LogP) is -0.0678. The number of nitrogens with zero attached hydrogens (tertiary/aromatic N) is 3. The lowest BCUT2D eigenvalue weighted by Gasteiger charge is -2.09. The molecule has 1 aromatic rings. The maximum absolute atomic E-state index is 11.8. The van der Waals surface area contributed by atoms with Crippen molar-refractivity contribution in [2.24, 2.45) is 18.9 Å². The Morgan fingerprint density at radius 1 is 1.50 bits per heavy atom. The molecule has 18 heavy (non-hydrogen) atoms. The number of amides is 1. The van der Waals surface area contributed by atoms with E-state index in [1.54, 1.807) is 18.1 Å². The number of aromatic nitrogens is 3. The summed E-state index contributed by atoms with van der Waals surface area (Å²) in [5.41, 5.74) is 0. The molecule has 0 bridgehead atoms. The zero-order valence-corrected chi connectivity index (χ0v) is 10.2. The molecule has 0 aliphatic heterocycles. The van der Waals surface area contributed by atoms with Crippen molar-refractivity contribution >= 4 is 11.9 Å². The Bertz CT molecular complexity index is 457. The molecule has 0 spiro atoms. The second-order valence-electron chi connectivity index (χ2n) is 4.60. The molecule has 1 amide bonds. The number of hydrogen-bond donors (Lipinski definition) is 2. The number of aryl methyl sites for hydroxylation is 1. The first-order valence-electron chi connectivity index (χ1n) is 5.91. The number of carboxylic acid groups (broad SMARTS) is 1. The first-order chi connectivity index (χ1) is 8.56. The van der Waals surface area contributed by atoms with Gasteiger partial charge in [0.05, 0.1) is 12.5 Å². The molecule has 2 unspecified atom stereocenters. The Morgan fingerprint density at radius 3 is 2.78 bits per heavy atom. The summed E-state index contributed by atoms with van der Waals surface area (Å²) in [6, 6.07) is 0. The molecule has 0 radical (unpaired) electrons. The number of carbonyl (C=O) groups excluding carboxylic acids is 1. The number of carbonyl (C=O) groups is 2. The van der Waals surface area contributed by atoms with Crippen molar-refractivity contribution < 1.29 is 14.7 Å². The fraction of sp³-hybridized carbons (Fsp3) is 0.636. The van der Waals surface area contributed by atoms with Gasteiger partial charge >= 0.3 is 5.97 Å². The van der Waals surface area contributed by atoms with Gasteiger partial charge in [0.25, 0.3) is 0 Å². The van der Waals surface area contributed by atoms with Crippen LogP contribution in [-0.4, -0.2) is 31.7 Å². The van der Waals surface area contributed by atoms with Gasteiger partial charge in [0.2, 0.25) is 5.91 Å². The van der Waals surface area contributed by atoms with E-state index in [2.05, 4.69) is 15.4 Å². The van der Waals surface area contributed by atoms with E-state index in [0.29, 0.717) is 25.1 Å². The van der Waals surface area contributed by atoms with Gasteiger partial charge < -0.3 is 10.4 Å². The number of carboxylic acids is 1. The molecular formula is C11H16N4O3. The van der Waals surface area contributed by atoms with Crippen molar-refractivity contribution in [3.05, 3.63) is 12.2 Å². The summed E-state index contributed by atoms with van der Waals surface area (Å²) >= 11 is 0. The van der Waals surface area contributed by atoms with Crippen LogP contribution in [0.2, 0.25) is 0 Å². The average Bonchev–Trinajstić information content (AvgIpc) is 2.94. The Morgan fingerprint density at radius 2 is 2.22 bits per heavy atom. The zero-order chi connectivity index (χ0) is 13.1. The lowest BCUT2D eigenvalue weighted by Crippen LogP contribution is -2.29. The van der Waals surface area contributed by atoms with Crippen molar-refractivity contribution in [2.45, 2.75) is 25.8 Å². The highest BCUT2D eigenvalue weighted by atomic mass is 16.4. The fourth-order valence-electron chi connectivity index (χ4n) is 2.22. The number of rotatable bonds is 4. The quantitative estimate of drug-likeness (QED) is 0.782. The normalized spacial score (nSPS) is 22.9. The van der Waals surface area contributed by atoms with Gasteiger partial charge in [-0.1, -0.05) is 0 Å². The van der Waals surface area contributed by atoms with Gasteiger partial charge in [-0.15, -0.1) is 0 Å². The summed E-state index contributed by atoms with van der Waals surface area (Å²) in [5, 5.41) is 15.7. The van der Waals surface area contributed by atoms with Gasteiger partial charge in [0, 0.05) is 13.0 Å². The standard InChI is InChI=1S/C11H16N4O3/c1-15-6-13-9(14-15)5-12-10(16)7-2-3-8(4-7)11(17)18/h6-8H,2-5H2,1H3,(H,12,16)(H,17,18). The van der Waals surface area contributed by atoms with E-state index in [1.165, 1.54) is 0 Å². The second kappa shape index (κ2) is 5.16. The molecular weight excluding hydrogens is 236 g/mol. The Labute approximate surface area is 104 Å². The highest BCUT2D eigenvalue weighted by Crippen LogP contribution is 2.31. The minimum absolute atomic E-state index is 0.105. The molecule has 0 aromatic carbocycles. The topological polar surface area (TPSA) is 97.1 Å². The monoisotopic (exact) mass is 252 g/mol. The van der Waals surface area contributed by atoms with Crippen LogP contribution in [-0.2, 0) is 23.2 Å². The van der Waals surface area contributed by atoms with Crippen LogP contribution in [0.5, 0.6) is 0 Å². The third-order valence-electron chi connectivity index (χ3n) is 3.22. The molecule has 7 nitrogen and oxygen atoms in total.